The van der Waals surface area contributed by atoms with Gasteiger partial charge in [0, 0.05) is 42.8 Å². The number of amides is 1. The minimum absolute atomic E-state index is 0.354. The second-order valence-electron chi connectivity index (χ2n) is 8.29. The molecule has 36 heavy (non-hydrogen) atoms. The fourth-order valence-corrected chi connectivity index (χ4v) is 4.57. The number of halogens is 2. The van der Waals surface area contributed by atoms with Gasteiger partial charge in [0.15, 0.2) is 0 Å². The number of nitrogens with zero attached hydrogens (tertiary/aromatic N) is 2. The third-order valence-electron chi connectivity index (χ3n) is 6.06. The zero-order valence-electron chi connectivity index (χ0n) is 20.1. The molecule has 1 aromatic heterocycles. The van der Waals surface area contributed by atoms with Crippen LogP contribution in [0.2, 0.25) is 10.0 Å². The number of carbonyl (C=O) groups is 2. The van der Waals surface area contributed by atoms with Gasteiger partial charge in [-0.2, -0.15) is 0 Å². The maximum atomic E-state index is 12.8. The van der Waals surface area contributed by atoms with E-state index in [0.717, 1.165) is 38.4 Å². The summed E-state index contributed by atoms with van der Waals surface area (Å²) in [6, 6.07) is 13.9. The molecule has 7 nitrogen and oxygen atoms in total. The first-order chi connectivity index (χ1) is 17.4. The first kappa shape index (κ1) is 25.8. The first-order valence-corrected chi connectivity index (χ1v) is 12.4. The van der Waals surface area contributed by atoms with Crippen LogP contribution in [0.3, 0.4) is 0 Å². The van der Waals surface area contributed by atoms with Crippen molar-refractivity contribution in [1.29, 1.82) is 0 Å². The van der Waals surface area contributed by atoms with Crippen molar-refractivity contribution >= 4 is 52.5 Å². The Kier molecular flexibility index (Phi) is 8.36. The highest BCUT2D eigenvalue weighted by Gasteiger charge is 2.20. The molecule has 188 valence electrons. The predicted octanol–water partition coefficient (Wildman–Crippen LogP) is 5.83. The number of furan rings is 1. The zero-order chi connectivity index (χ0) is 25.7. The standard InChI is InChI=1S/C27H27Cl2N3O4/c1-3-31-12-14-32(15-13-31)24-9-4-18(27(34)35-2)16-23(24)30-26(33)11-7-20-6-10-25(36-20)21-8-5-19(28)17-22(21)29/h4-11,16-17H,3,12-15H2,1-2H3,(H,30,33)/b11-7+. The van der Waals surface area contributed by atoms with Gasteiger partial charge in [0.2, 0.25) is 5.91 Å². The summed E-state index contributed by atoms with van der Waals surface area (Å²) in [6.45, 7) is 6.66. The number of hydrogen-bond acceptors (Lipinski definition) is 6. The third-order valence-corrected chi connectivity index (χ3v) is 6.61. The molecule has 0 unspecified atom stereocenters. The van der Waals surface area contributed by atoms with E-state index >= 15 is 0 Å². The van der Waals surface area contributed by atoms with E-state index in [1.807, 2.05) is 6.07 Å². The number of esters is 1. The molecule has 9 heteroatoms. The van der Waals surface area contributed by atoms with Crippen LogP contribution in [0.4, 0.5) is 11.4 Å². The number of hydrogen-bond donors (Lipinski definition) is 1. The van der Waals surface area contributed by atoms with Gasteiger partial charge in [-0.3, -0.25) is 4.79 Å². The van der Waals surface area contributed by atoms with E-state index in [1.54, 1.807) is 48.5 Å². The molecule has 1 aliphatic rings. The molecular weight excluding hydrogens is 501 g/mol. The zero-order valence-corrected chi connectivity index (χ0v) is 21.6. The highest BCUT2D eigenvalue weighted by Crippen LogP contribution is 2.32. The number of rotatable bonds is 7. The van der Waals surface area contributed by atoms with Gasteiger partial charge >= 0.3 is 5.97 Å². The van der Waals surface area contributed by atoms with E-state index in [2.05, 4.69) is 22.0 Å². The summed E-state index contributed by atoms with van der Waals surface area (Å²) in [5.41, 5.74) is 2.48. The van der Waals surface area contributed by atoms with E-state index in [1.165, 1.54) is 13.2 Å². The number of piperazine rings is 1. The van der Waals surface area contributed by atoms with Crippen LogP contribution in [0, 0.1) is 0 Å². The molecule has 1 saturated heterocycles. The number of nitrogens with one attached hydrogen (secondary N) is 1. The Labute approximate surface area is 220 Å². The summed E-state index contributed by atoms with van der Waals surface area (Å²) in [4.78, 5) is 29.5. The predicted molar refractivity (Wildman–Crippen MR) is 144 cm³/mol. The second-order valence-corrected chi connectivity index (χ2v) is 9.14. The number of anilines is 2. The number of ether oxygens (including phenoxy) is 1. The third kappa shape index (κ3) is 6.10. The van der Waals surface area contributed by atoms with Crippen molar-refractivity contribution in [3.05, 3.63) is 76.0 Å². The Morgan fingerprint density at radius 3 is 2.53 bits per heavy atom. The van der Waals surface area contributed by atoms with E-state index in [-0.39, 0.29) is 5.91 Å². The minimum atomic E-state index is -0.465. The van der Waals surface area contributed by atoms with Gasteiger partial charge in [0.25, 0.3) is 0 Å². The molecule has 0 atom stereocenters. The summed E-state index contributed by atoms with van der Waals surface area (Å²) in [7, 11) is 1.33. The van der Waals surface area contributed by atoms with Gasteiger partial charge in [-0.25, -0.2) is 4.79 Å². The van der Waals surface area contributed by atoms with Crippen LogP contribution in [0.5, 0.6) is 0 Å². The number of likely N-dealkylation sites (N-methyl/N-ethyl adjacent to an activating group) is 1. The molecule has 3 aromatic rings. The lowest BCUT2D eigenvalue weighted by atomic mass is 10.1. The van der Waals surface area contributed by atoms with Crippen molar-refractivity contribution in [3.63, 3.8) is 0 Å². The van der Waals surface area contributed by atoms with Gasteiger partial charge in [0.1, 0.15) is 11.5 Å². The molecule has 1 amide bonds. The molecule has 1 fully saturated rings. The monoisotopic (exact) mass is 527 g/mol. The van der Waals surface area contributed by atoms with E-state index in [0.29, 0.717) is 38.4 Å². The fraction of sp³-hybridized carbons (Fsp3) is 0.259. The van der Waals surface area contributed by atoms with Crippen LogP contribution in [0.15, 0.2) is 59.0 Å². The van der Waals surface area contributed by atoms with Gasteiger partial charge in [-0.1, -0.05) is 30.1 Å². The molecule has 4 rings (SSSR count). The topological polar surface area (TPSA) is 75.0 Å². The van der Waals surface area contributed by atoms with Crippen LogP contribution in [0.1, 0.15) is 23.0 Å². The van der Waals surface area contributed by atoms with Gasteiger partial charge in [0.05, 0.1) is 29.1 Å². The average molecular weight is 528 g/mol. The Balaban J connectivity index is 1.51. The molecule has 0 saturated carbocycles. The minimum Gasteiger partial charge on any atom is -0.465 e. The van der Waals surface area contributed by atoms with Crippen LogP contribution >= 0.6 is 23.2 Å². The lowest BCUT2D eigenvalue weighted by Gasteiger charge is -2.36. The Bertz CT molecular complexity index is 1280. The van der Waals surface area contributed by atoms with E-state index < -0.39 is 5.97 Å². The summed E-state index contributed by atoms with van der Waals surface area (Å²) in [5.74, 6) is 0.238. The average Bonchev–Trinajstić information content (AvgIpc) is 3.36. The maximum Gasteiger partial charge on any atom is 0.337 e. The summed E-state index contributed by atoms with van der Waals surface area (Å²) < 4.78 is 10.7. The molecule has 0 bridgehead atoms. The fourth-order valence-electron chi connectivity index (χ4n) is 4.07. The number of benzene rings is 2. The lowest BCUT2D eigenvalue weighted by Crippen LogP contribution is -2.46. The smallest absolute Gasteiger partial charge is 0.337 e. The van der Waals surface area contributed by atoms with Gasteiger partial charge < -0.3 is 24.3 Å². The highest BCUT2D eigenvalue weighted by molar-refractivity contribution is 6.36. The summed E-state index contributed by atoms with van der Waals surface area (Å²) >= 11 is 12.2. The quantitative estimate of drug-likeness (QED) is 0.307. The van der Waals surface area contributed by atoms with E-state index in [4.69, 9.17) is 32.4 Å². The first-order valence-electron chi connectivity index (χ1n) is 11.6. The number of methoxy groups -OCH3 is 1. The Morgan fingerprint density at radius 2 is 1.83 bits per heavy atom. The van der Waals surface area contributed by atoms with Crippen molar-refractivity contribution in [3.8, 4) is 11.3 Å². The maximum absolute atomic E-state index is 12.8. The Hall–Kier alpha value is -3.26. The second kappa shape index (κ2) is 11.6. The molecule has 1 aliphatic heterocycles. The van der Waals surface area contributed by atoms with Gasteiger partial charge in [-0.15, -0.1) is 0 Å². The van der Waals surface area contributed by atoms with Crippen LogP contribution < -0.4 is 10.2 Å². The highest BCUT2D eigenvalue weighted by atomic mass is 35.5. The van der Waals surface area contributed by atoms with Crippen molar-refractivity contribution in [1.82, 2.24) is 4.90 Å². The van der Waals surface area contributed by atoms with Crippen LogP contribution in [0.25, 0.3) is 17.4 Å². The van der Waals surface area contributed by atoms with Crippen molar-refractivity contribution in [2.45, 2.75) is 6.92 Å². The van der Waals surface area contributed by atoms with Crippen LogP contribution in [-0.4, -0.2) is 56.6 Å². The molecule has 0 spiro atoms. The molecule has 1 N–H and O–H groups in total. The van der Waals surface area contributed by atoms with Crippen molar-refractivity contribution < 1.29 is 18.7 Å². The normalized spacial score (nSPS) is 14.3. The van der Waals surface area contributed by atoms with Crippen LogP contribution in [-0.2, 0) is 9.53 Å². The van der Waals surface area contributed by atoms with E-state index in [9.17, 15) is 9.59 Å². The molecule has 0 radical (unpaired) electrons. The molecule has 2 aromatic carbocycles. The number of carbonyl (C=O) groups excluding carboxylic acids is 2. The summed E-state index contributed by atoms with van der Waals surface area (Å²) in [5, 5.41) is 3.92. The molecular formula is C27H27Cl2N3O4. The Morgan fingerprint density at radius 1 is 1.06 bits per heavy atom. The summed E-state index contributed by atoms with van der Waals surface area (Å²) in [6.07, 6.45) is 2.96. The lowest BCUT2D eigenvalue weighted by molar-refractivity contribution is -0.111. The van der Waals surface area contributed by atoms with Crippen molar-refractivity contribution in [2.24, 2.45) is 0 Å². The molecule has 2 heterocycles. The largest absolute Gasteiger partial charge is 0.465 e. The molecule has 0 aliphatic carbocycles. The SMILES string of the molecule is CCN1CCN(c2ccc(C(=O)OC)cc2NC(=O)/C=C/c2ccc(-c3ccc(Cl)cc3Cl)o2)CC1. The van der Waals surface area contributed by atoms with Gasteiger partial charge in [-0.05, 0) is 61.2 Å². The van der Waals surface area contributed by atoms with Crippen molar-refractivity contribution in [2.75, 3.05) is 50.1 Å².